The SMILES string of the molecule is CCNC(CC)c1nnc(-c2ccc(C)cc2Cl)s1. The van der Waals surface area contributed by atoms with Crippen molar-refractivity contribution in [1.29, 1.82) is 0 Å². The van der Waals surface area contributed by atoms with Crippen LogP contribution in [-0.2, 0) is 0 Å². The zero-order valence-corrected chi connectivity index (χ0v) is 13.0. The van der Waals surface area contributed by atoms with Crippen molar-refractivity contribution in [2.45, 2.75) is 33.2 Å². The van der Waals surface area contributed by atoms with Gasteiger partial charge in [0.15, 0.2) is 0 Å². The summed E-state index contributed by atoms with van der Waals surface area (Å²) in [5.41, 5.74) is 2.11. The largest absolute Gasteiger partial charge is 0.308 e. The van der Waals surface area contributed by atoms with E-state index in [1.807, 2.05) is 25.1 Å². The molecule has 1 N–H and O–H groups in total. The Labute approximate surface area is 123 Å². The highest BCUT2D eigenvalue weighted by Gasteiger charge is 2.16. The lowest BCUT2D eigenvalue weighted by Gasteiger charge is -2.11. The molecule has 19 heavy (non-hydrogen) atoms. The summed E-state index contributed by atoms with van der Waals surface area (Å²) in [7, 11) is 0. The van der Waals surface area contributed by atoms with E-state index in [0.29, 0.717) is 0 Å². The lowest BCUT2D eigenvalue weighted by molar-refractivity contribution is 0.531. The Hall–Kier alpha value is -0.970. The van der Waals surface area contributed by atoms with Crippen molar-refractivity contribution in [3.8, 4) is 10.6 Å². The first kappa shape index (κ1) is 14.4. The number of nitrogens with one attached hydrogen (secondary N) is 1. The molecule has 5 heteroatoms. The molecule has 0 radical (unpaired) electrons. The molecule has 0 spiro atoms. The number of benzene rings is 1. The number of rotatable bonds is 5. The Kier molecular flexibility index (Phi) is 4.91. The van der Waals surface area contributed by atoms with Gasteiger partial charge in [-0.3, -0.25) is 0 Å². The van der Waals surface area contributed by atoms with Gasteiger partial charge in [-0.25, -0.2) is 0 Å². The molecule has 1 heterocycles. The second-order valence-corrected chi connectivity index (χ2v) is 5.86. The van der Waals surface area contributed by atoms with Gasteiger partial charge in [0.2, 0.25) is 0 Å². The Morgan fingerprint density at radius 1 is 1.32 bits per heavy atom. The Morgan fingerprint density at radius 2 is 2.11 bits per heavy atom. The number of nitrogens with zero attached hydrogens (tertiary/aromatic N) is 2. The van der Waals surface area contributed by atoms with E-state index >= 15 is 0 Å². The van der Waals surface area contributed by atoms with Crippen LogP contribution in [0.1, 0.15) is 36.9 Å². The fourth-order valence-electron chi connectivity index (χ4n) is 1.93. The van der Waals surface area contributed by atoms with E-state index in [0.717, 1.165) is 39.1 Å². The number of aromatic nitrogens is 2. The third-order valence-electron chi connectivity index (χ3n) is 2.95. The van der Waals surface area contributed by atoms with E-state index in [1.165, 1.54) is 0 Å². The summed E-state index contributed by atoms with van der Waals surface area (Å²) < 4.78 is 0. The van der Waals surface area contributed by atoms with Crippen molar-refractivity contribution < 1.29 is 0 Å². The molecule has 0 amide bonds. The summed E-state index contributed by atoms with van der Waals surface area (Å²) in [5.74, 6) is 0. The highest BCUT2D eigenvalue weighted by Crippen LogP contribution is 2.33. The lowest BCUT2D eigenvalue weighted by Crippen LogP contribution is -2.19. The average molecular weight is 296 g/mol. The summed E-state index contributed by atoms with van der Waals surface area (Å²) in [4.78, 5) is 0. The van der Waals surface area contributed by atoms with Crippen LogP contribution >= 0.6 is 22.9 Å². The van der Waals surface area contributed by atoms with E-state index in [4.69, 9.17) is 11.6 Å². The molecule has 2 rings (SSSR count). The standard InChI is InChI=1S/C14H18ClN3S/c1-4-12(16-5-2)14-18-17-13(19-14)10-7-6-9(3)8-11(10)15/h6-8,12,16H,4-5H2,1-3H3. The van der Waals surface area contributed by atoms with Crippen molar-refractivity contribution in [1.82, 2.24) is 15.5 Å². The Morgan fingerprint density at radius 3 is 2.74 bits per heavy atom. The zero-order valence-electron chi connectivity index (χ0n) is 11.4. The molecule has 1 atom stereocenters. The van der Waals surface area contributed by atoms with Crippen LogP contribution in [0.5, 0.6) is 0 Å². The number of hydrogen-bond donors (Lipinski definition) is 1. The van der Waals surface area contributed by atoms with Crippen LogP contribution in [0.2, 0.25) is 5.02 Å². The minimum atomic E-state index is 0.278. The molecule has 0 aliphatic heterocycles. The predicted molar refractivity (Wildman–Crippen MR) is 81.8 cm³/mol. The van der Waals surface area contributed by atoms with Crippen molar-refractivity contribution >= 4 is 22.9 Å². The van der Waals surface area contributed by atoms with Gasteiger partial charge in [-0.05, 0) is 31.5 Å². The minimum absolute atomic E-state index is 0.278. The third kappa shape index (κ3) is 3.32. The first-order valence-corrected chi connectivity index (χ1v) is 7.68. The first-order valence-electron chi connectivity index (χ1n) is 6.49. The summed E-state index contributed by atoms with van der Waals surface area (Å²) >= 11 is 7.88. The number of halogens is 1. The number of hydrogen-bond acceptors (Lipinski definition) is 4. The van der Waals surface area contributed by atoms with Gasteiger partial charge >= 0.3 is 0 Å². The molecule has 102 valence electrons. The van der Waals surface area contributed by atoms with Gasteiger partial charge in [-0.15, -0.1) is 10.2 Å². The maximum Gasteiger partial charge on any atom is 0.149 e. The monoisotopic (exact) mass is 295 g/mol. The van der Waals surface area contributed by atoms with Crippen LogP contribution in [0, 0.1) is 6.92 Å². The normalized spacial score (nSPS) is 12.6. The van der Waals surface area contributed by atoms with Crippen molar-refractivity contribution in [2.75, 3.05) is 6.54 Å². The summed E-state index contributed by atoms with van der Waals surface area (Å²) in [6, 6.07) is 6.29. The van der Waals surface area contributed by atoms with E-state index in [2.05, 4.69) is 29.4 Å². The Bertz CT molecular complexity index is 553. The molecule has 1 aromatic carbocycles. The van der Waals surface area contributed by atoms with Crippen LogP contribution in [0.4, 0.5) is 0 Å². The van der Waals surface area contributed by atoms with Gasteiger partial charge in [0.05, 0.1) is 11.1 Å². The summed E-state index contributed by atoms with van der Waals surface area (Å²) in [6.45, 7) is 7.20. The maximum atomic E-state index is 6.27. The molecule has 3 nitrogen and oxygen atoms in total. The second-order valence-electron chi connectivity index (χ2n) is 4.45. The van der Waals surface area contributed by atoms with Crippen LogP contribution in [0.15, 0.2) is 18.2 Å². The fraction of sp³-hybridized carbons (Fsp3) is 0.429. The first-order chi connectivity index (χ1) is 9.15. The Balaban J connectivity index is 2.29. The average Bonchev–Trinajstić information content (AvgIpc) is 2.85. The van der Waals surface area contributed by atoms with Gasteiger partial charge in [0, 0.05) is 5.56 Å². The third-order valence-corrected chi connectivity index (χ3v) is 4.34. The van der Waals surface area contributed by atoms with Crippen molar-refractivity contribution in [3.63, 3.8) is 0 Å². The summed E-state index contributed by atoms with van der Waals surface area (Å²) in [6.07, 6.45) is 1.00. The second kappa shape index (κ2) is 6.46. The van der Waals surface area contributed by atoms with Gasteiger partial charge in [0.25, 0.3) is 0 Å². The fourth-order valence-corrected chi connectivity index (χ4v) is 3.35. The van der Waals surface area contributed by atoms with Crippen LogP contribution in [-0.4, -0.2) is 16.7 Å². The molecule has 0 fully saturated rings. The zero-order chi connectivity index (χ0) is 13.8. The summed E-state index contributed by atoms with van der Waals surface area (Å²) in [5, 5.41) is 14.6. The minimum Gasteiger partial charge on any atom is -0.308 e. The van der Waals surface area contributed by atoms with Crippen molar-refractivity contribution in [3.05, 3.63) is 33.8 Å². The topological polar surface area (TPSA) is 37.8 Å². The highest BCUT2D eigenvalue weighted by molar-refractivity contribution is 7.14. The van der Waals surface area contributed by atoms with E-state index in [-0.39, 0.29) is 6.04 Å². The number of aryl methyl sites for hydroxylation is 1. The highest BCUT2D eigenvalue weighted by atomic mass is 35.5. The molecule has 1 unspecified atom stereocenters. The maximum absolute atomic E-state index is 6.27. The van der Waals surface area contributed by atoms with Crippen LogP contribution < -0.4 is 5.32 Å². The molecule has 2 aromatic rings. The molecule has 0 saturated carbocycles. The van der Waals surface area contributed by atoms with E-state index in [9.17, 15) is 0 Å². The molecular weight excluding hydrogens is 278 g/mol. The molecule has 0 bridgehead atoms. The lowest BCUT2D eigenvalue weighted by atomic mass is 10.2. The quantitative estimate of drug-likeness (QED) is 0.897. The van der Waals surface area contributed by atoms with Gasteiger partial charge < -0.3 is 5.32 Å². The molecule has 0 aliphatic carbocycles. The predicted octanol–water partition coefficient (Wildman–Crippen LogP) is 4.23. The van der Waals surface area contributed by atoms with Gasteiger partial charge in [0.1, 0.15) is 10.0 Å². The van der Waals surface area contributed by atoms with Crippen LogP contribution in [0.25, 0.3) is 10.6 Å². The molecule has 0 saturated heterocycles. The van der Waals surface area contributed by atoms with E-state index in [1.54, 1.807) is 11.3 Å². The van der Waals surface area contributed by atoms with Crippen LogP contribution in [0.3, 0.4) is 0 Å². The van der Waals surface area contributed by atoms with Crippen molar-refractivity contribution in [2.24, 2.45) is 0 Å². The molecule has 0 aliphatic rings. The van der Waals surface area contributed by atoms with Gasteiger partial charge in [-0.1, -0.05) is 48.9 Å². The molecular formula is C14H18ClN3S. The van der Waals surface area contributed by atoms with Gasteiger partial charge in [-0.2, -0.15) is 0 Å². The smallest absolute Gasteiger partial charge is 0.149 e. The van der Waals surface area contributed by atoms with E-state index < -0.39 is 0 Å². The molecule has 1 aromatic heterocycles.